The van der Waals surface area contributed by atoms with Gasteiger partial charge >= 0.3 is 6.18 Å². The average molecular weight is 325 g/mol. The third kappa shape index (κ3) is 12.6. The van der Waals surface area contributed by atoms with Gasteiger partial charge in [0.2, 0.25) is 0 Å². The SMILES string of the molecule is FC(F)(F)C/C=C/CCCNSI. The van der Waals surface area contributed by atoms with Gasteiger partial charge in [-0.05, 0) is 22.0 Å². The predicted molar refractivity (Wildman–Crippen MR) is 58.7 cm³/mol. The number of allylic oxidation sites excluding steroid dienone is 2. The van der Waals surface area contributed by atoms with Crippen molar-refractivity contribution >= 4 is 30.3 Å². The van der Waals surface area contributed by atoms with Crippen LogP contribution in [0, 0.1) is 0 Å². The van der Waals surface area contributed by atoms with Gasteiger partial charge in [0.25, 0.3) is 0 Å². The van der Waals surface area contributed by atoms with Gasteiger partial charge in [0, 0.05) is 27.8 Å². The fourth-order valence-corrected chi connectivity index (χ4v) is 1.55. The molecule has 0 aromatic heterocycles. The maximum absolute atomic E-state index is 11.6. The third-order valence-corrected chi connectivity index (χ3v) is 2.47. The smallest absolute Gasteiger partial charge is 0.255 e. The standard InChI is InChI=1S/C7H11F3INS/c8-7(9,10)5-3-1-2-4-6-12-13-11/h1,3,12H,2,4-6H2/b3-1+. The molecule has 0 spiro atoms. The van der Waals surface area contributed by atoms with Gasteiger partial charge in [-0.25, -0.2) is 0 Å². The van der Waals surface area contributed by atoms with Crippen molar-refractivity contribution in [3.63, 3.8) is 0 Å². The Morgan fingerprint density at radius 1 is 1.31 bits per heavy atom. The summed E-state index contributed by atoms with van der Waals surface area (Å²) in [6.07, 6.45) is -0.566. The Hall–Kier alpha value is 0.570. The summed E-state index contributed by atoms with van der Waals surface area (Å²) in [6.45, 7) is 0.823. The van der Waals surface area contributed by atoms with Gasteiger partial charge in [-0.15, -0.1) is 0 Å². The van der Waals surface area contributed by atoms with Crippen LogP contribution in [0.1, 0.15) is 19.3 Å². The molecular formula is C7H11F3INS. The third-order valence-electron chi connectivity index (χ3n) is 1.22. The van der Waals surface area contributed by atoms with Crippen molar-refractivity contribution in [3.05, 3.63) is 12.2 Å². The van der Waals surface area contributed by atoms with Gasteiger partial charge < -0.3 is 0 Å². The zero-order chi connectivity index (χ0) is 10.2. The second-order valence-corrected chi connectivity index (χ2v) is 4.17. The number of alkyl halides is 3. The molecule has 0 atom stereocenters. The van der Waals surface area contributed by atoms with Crippen LogP contribution in [0.4, 0.5) is 13.2 Å². The van der Waals surface area contributed by atoms with Crippen molar-refractivity contribution < 1.29 is 13.2 Å². The van der Waals surface area contributed by atoms with E-state index in [2.05, 4.69) is 25.9 Å². The molecule has 0 aliphatic carbocycles. The van der Waals surface area contributed by atoms with E-state index < -0.39 is 12.6 Å². The van der Waals surface area contributed by atoms with Gasteiger partial charge in [0.15, 0.2) is 0 Å². The van der Waals surface area contributed by atoms with Crippen LogP contribution in [-0.4, -0.2) is 12.7 Å². The van der Waals surface area contributed by atoms with Crippen LogP contribution in [0.3, 0.4) is 0 Å². The number of nitrogens with one attached hydrogen (secondary N) is 1. The molecule has 78 valence electrons. The summed E-state index contributed by atoms with van der Waals surface area (Å²) in [7, 11) is 1.49. The van der Waals surface area contributed by atoms with E-state index in [1.807, 2.05) is 0 Å². The minimum atomic E-state index is -4.06. The molecule has 0 fully saturated rings. The molecule has 0 saturated heterocycles. The van der Waals surface area contributed by atoms with Crippen LogP contribution in [0.5, 0.6) is 0 Å². The number of halogens is 4. The normalized spacial score (nSPS) is 12.6. The van der Waals surface area contributed by atoms with E-state index in [0.717, 1.165) is 13.0 Å². The molecule has 0 bridgehead atoms. The van der Waals surface area contributed by atoms with Gasteiger partial charge in [-0.3, -0.25) is 4.72 Å². The van der Waals surface area contributed by atoms with Gasteiger partial charge in [0.1, 0.15) is 0 Å². The molecule has 0 aliphatic rings. The number of rotatable bonds is 6. The summed E-state index contributed by atoms with van der Waals surface area (Å²) < 4.78 is 37.9. The molecule has 0 saturated carbocycles. The van der Waals surface area contributed by atoms with Gasteiger partial charge in [0.05, 0.1) is 6.42 Å². The van der Waals surface area contributed by atoms with Crippen LogP contribution >= 0.6 is 30.3 Å². The first-order chi connectivity index (χ1) is 6.06. The Bertz CT molecular complexity index is 149. The molecule has 6 heteroatoms. The Labute approximate surface area is 92.3 Å². The average Bonchev–Trinajstić information content (AvgIpc) is 2.01. The second-order valence-electron chi connectivity index (χ2n) is 2.40. The molecule has 0 rings (SSSR count). The van der Waals surface area contributed by atoms with Crippen molar-refractivity contribution in [2.24, 2.45) is 0 Å². The highest BCUT2D eigenvalue weighted by Gasteiger charge is 2.24. The molecule has 0 amide bonds. The van der Waals surface area contributed by atoms with E-state index in [-0.39, 0.29) is 0 Å². The van der Waals surface area contributed by atoms with Gasteiger partial charge in [-0.1, -0.05) is 12.2 Å². The quantitative estimate of drug-likeness (QED) is 0.344. The van der Waals surface area contributed by atoms with Crippen LogP contribution in [-0.2, 0) is 0 Å². The van der Waals surface area contributed by atoms with E-state index in [0.29, 0.717) is 6.42 Å². The monoisotopic (exact) mass is 325 g/mol. The lowest BCUT2D eigenvalue weighted by Crippen LogP contribution is -2.04. The second kappa shape index (κ2) is 7.93. The number of hydrogen-bond acceptors (Lipinski definition) is 2. The maximum Gasteiger partial charge on any atom is 0.392 e. The van der Waals surface area contributed by atoms with Crippen LogP contribution in [0.15, 0.2) is 12.2 Å². The van der Waals surface area contributed by atoms with Crippen molar-refractivity contribution in [1.29, 1.82) is 0 Å². The summed E-state index contributed by atoms with van der Waals surface area (Å²) in [6, 6.07) is 0. The lowest BCUT2D eigenvalue weighted by molar-refractivity contribution is -0.125. The largest absolute Gasteiger partial charge is 0.392 e. The molecule has 0 aromatic rings. The fourth-order valence-electron chi connectivity index (χ4n) is 0.665. The molecule has 0 aliphatic heterocycles. The number of hydrogen-bond donors (Lipinski definition) is 1. The van der Waals surface area contributed by atoms with Crippen molar-refractivity contribution in [2.75, 3.05) is 6.54 Å². The molecule has 1 N–H and O–H groups in total. The Morgan fingerprint density at radius 2 is 2.00 bits per heavy atom. The highest BCUT2D eigenvalue weighted by Crippen LogP contribution is 2.19. The first kappa shape index (κ1) is 13.6. The zero-order valence-electron chi connectivity index (χ0n) is 6.90. The van der Waals surface area contributed by atoms with Crippen molar-refractivity contribution in [2.45, 2.75) is 25.4 Å². The van der Waals surface area contributed by atoms with Crippen LogP contribution in [0.2, 0.25) is 0 Å². The molecule has 0 radical (unpaired) electrons. The topological polar surface area (TPSA) is 12.0 Å². The molecular weight excluding hydrogens is 314 g/mol. The summed E-state index contributed by atoms with van der Waals surface area (Å²) >= 11 is 2.11. The highest BCUT2D eigenvalue weighted by molar-refractivity contribution is 14.2. The predicted octanol–water partition coefficient (Wildman–Crippen LogP) is 3.86. The highest BCUT2D eigenvalue weighted by atomic mass is 127. The van der Waals surface area contributed by atoms with Gasteiger partial charge in [-0.2, -0.15) is 13.2 Å². The summed E-state index contributed by atoms with van der Waals surface area (Å²) in [5.41, 5.74) is 0. The van der Waals surface area contributed by atoms with Crippen molar-refractivity contribution in [1.82, 2.24) is 4.72 Å². The first-order valence-electron chi connectivity index (χ1n) is 3.78. The maximum atomic E-state index is 11.6. The van der Waals surface area contributed by atoms with E-state index in [1.54, 1.807) is 6.08 Å². The van der Waals surface area contributed by atoms with Crippen LogP contribution in [0.25, 0.3) is 0 Å². The van der Waals surface area contributed by atoms with E-state index in [4.69, 9.17) is 0 Å². The molecule has 13 heavy (non-hydrogen) atoms. The minimum Gasteiger partial charge on any atom is -0.255 e. The molecule has 0 aromatic carbocycles. The zero-order valence-corrected chi connectivity index (χ0v) is 9.88. The van der Waals surface area contributed by atoms with Crippen molar-refractivity contribution in [3.8, 4) is 0 Å². The van der Waals surface area contributed by atoms with E-state index >= 15 is 0 Å². The molecule has 1 nitrogen and oxygen atoms in total. The Morgan fingerprint density at radius 3 is 2.54 bits per heavy atom. The fraction of sp³-hybridized carbons (Fsp3) is 0.714. The Kier molecular flexibility index (Phi) is 8.27. The van der Waals surface area contributed by atoms with Crippen LogP contribution < -0.4 is 4.72 Å². The number of unbranched alkanes of at least 4 members (excludes halogenated alkanes) is 1. The molecule has 0 unspecified atom stereocenters. The van der Waals surface area contributed by atoms with E-state index in [9.17, 15) is 13.2 Å². The summed E-state index contributed by atoms with van der Waals surface area (Å²) in [5.74, 6) is 0. The summed E-state index contributed by atoms with van der Waals surface area (Å²) in [4.78, 5) is 0. The lowest BCUT2D eigenvalue weighted by Gasteiger charge is -2.00. The Balaban J connectivity index is 3.22. The lowest BCUT2D eigenvalue weighted by atomic mass is 10.2. The van der Waals surface area contributed by atoms with E-state index in [1.165, 1.54) is 15.2 Å². The summed E-state index contributed by atoms with van der Waals surface area (Å²) in [5, 5.41) is 0. The molecule has 0 heterocycles. The minimum absolute atomic E-state index is 0.695. The first-order valence-corrected chi connectivity index (χ1v) is 7.14.